The van der Waals surface area contributed by atoms with Crippen LogP contribution in [0.1, 0.15) is 22.8 Å². The maximum atomic E-state index is 12.2. The highest BCUT2D eigenvalue weighted by Gasteiger charge is 2.17. The molecular weight excluding hydrogens is 240 g/mol. The molecule has 4 nitrogen and oxygen atoms in total. The molecule has 0 aliphatic carbocycles. The second-order valence-corrected chi connectivity index (χ2v) is 4.16. The van der Waals surface area contributed by atoms with Crippen LogP contribution in [0.15, 0.2) is 42.6 Å². The van der Waals surface area contributed by atoms with E-state index in [0.717, 1.165) is 5.56 Å². The maximum Gasteiger partial charge on any atom is 0.342 e. The summed E-state index contributed by atoms with van der Waals surface area (Å²) in [5.41, 5.74) is 1.63. The van der Waals surface area contributed by atoms with E-state index in [1.807, 2.05) is 44.3 Å². The number of aryl methyl sites for hydroxylation is 1. The molecule has 0 saturated heterocycles. The minimum atomic E-state index is -0.191. The highest BCUT2D eigenvalue weighted by atomic mass is 16.5. The molecule has 1 amide bonds. The summed E-state index contributed by atoms with van der Waals surface area (Å²) < 4.78 is 5.44. The number of nitrogens with one attached hydrogen (secondary N) is 2. The monoisotopic (exact) mass is 257 g/mol. The summed E-state index contributed by atoms with van der Waals surface area (Å²) in [5.74, 6) is 1.06. The van der Waals surface area contributed by atoms with Crippen molar-refractivity contribution in [2.75, 3.05) is 11.9 Å². The van der Waals surface area contributed by atoms with E-state index < -0.39 is 0 Å². The third kappa shape index (κ3) is 3.31. The molecular formula is C15H17N2O2+. The summed E-state index contributed by atoms with van der Waals surface area (Å²) in [6.07, 6.45) is 1.84. The maximum absolute atomic E-state index is 12.2. The number of ether oxygens (including phenoxy) is 1. The van der Waals surface area contributed by atoms with Crippen molar-refractivity contribution in [1.82, 2.24) is 0 Å². The number of hydrogen-bond donors (Lipinski definition) is 1. The summed E-state index contributed by atoms with van der Waals surface area (Å²) >= 11 is 0. The molecule has 0 aliphatic rings. The van der Waals surface area contributed by atoms with Crippen molar-refractivity contribution < 1.29 is 14.5 Å². The molecule has 0 aliphatic heterocycles. The SMILES string of the molecule is CCOc1ccccc1C(=O)Nc1ccc(C)c[nH+]1. The molecule has 0 saturated carbocycles. The lowest BCUT2D eigenvalue weighted by molar-refractivity contribution is -0.361. The van der Waals surface area contributed by atoms with Gasteiger partial charge in [-0.1, -0.05) is 12.1 Å². The lowest BCUT2D eigenvalue weighted by Crippen LogP contribution is -2.20. The van der Waals surface area contributed by atoms with Crippen molar-refractivity contribution in [3.8, 4) is 5.75 Å². The Hall–Kier alpha value is -2.36. The van der Waals surface area contributed by atoms with E-state index in [1.54, 1.807) is 12.1 Å². The third-order valence-corrected chi connectivity index (χ3v) is 2.65. The van der Waals surface area contributed by atoms with Crippen LogP contribution >= 0.6 is 0 Å². The summed E-state index contributed by atoms with van der Waals surface area (Å²) in [6.45, 7) is 4.40. The molecule has 1 aromatic carbocycles. The number of carbonyl (C=O) groups excluding carboxylic acids is 1. The highest BCUT2D eigenvalue weighted by Crippen LogP contribution is 2.18. The Morgan fingerprint density at radius 2 is 2.05 bits per heavy atom. The van der Waals surface area contributed by atoms with Crippen molar-refractivity contribution in [2.24, 2.45) is 0 Å². The van der Waals surface area contributed by atoms with E-state index in [1.165, 1.54) is 0 Å². The quantitative estimate of drug-likeness (QED) is 0.914. The Bertz CT molecular complexity index is 565. The summed E-state index contributed by atoms with van der Waals surface area (Å²) in [4.78, 5) is 15.2. The average molecular weight is 257 g/mol. The molecule has 0 spiro atoms. The van der Waals surface area contributed by atoms with Gasteiger partial charge >= 0.3 is 5.91 Å². The molecule has 0 radical (unpaired) electrons. The van der Waals surface area contributed by atoms with Crippen LogP contribution in [0.25, 0.3) is 0 Å². The van der Waals surface area contributed by atoms with Gasteiger partial charge in [0.05, 0.1) is 12.8 Å². The van der Waals surface area contributed by atoms with E-state index in [0.29, 0.717) is 23.7 Å². The number of H-pyrrole nitrogens is 1. The van der Waals surface area contributed by atoms with Gasteiger partial charge in [0.1, 0.15) is 11.3 Å². The van der Waals surface area contributed by atoms with Crippen LogP contribution in [-0.2, 0) is 0 Å². The number of amides is 1. The third-order valence-electron chi connectivity index (χ3n) is 2.65. The van der Waals surface area contributed by atoms with Gasteiger partial charge in [0.25, 0.3) is 5.82 Å². The van der Waals surface area contributed by atoms with Gasteiger partial charge < -0.3 is 4.74 Å². The minimum Gasteiger partial charge on any atom is -0.493 e. The first kappa shape index (κ1) is 13.1. The van der Waals surface area contributed by atoms with E-state index in [-0.39, 0.29) is 5.91 Å². The first-order valence-electron chi connectivity index (χ1n) is 6.22. The zero-order chi connectivity index (χ0) is 13.7. The normalized spacial score (nSPS) is 10.0. The number of pyridine rings is 1. The fourth-order valence-electron chi connectivity index (χ4n) is 1.71. The van der Waals surface area contributed by atoms with Gasteiger partial charge in [0.2, 0.25) is 0 Å². The molecule has 2 aromatic rings. The van der Waals surface area contributed by atoms with E-state index in [2.05, 4.69) is 10.3 Å². The van der Waals surface area contributed by atoms with Crippen LogP contribution in [0.2, 0.25) is 0 Å². The van der Waals surface area contributed by atoms with Gasteiger partial charge in [-0.3, -0.25) is 0 Å². The molecule has 1 aromatic heterocycles. The largest absolute Gasteiger partial charge is 0.493 e. The van der Waals surface area contributed by atoms with Crippen LogP contribution in [0.3, 0.4) is 0 Å². The van der Waals surface area contributed by atoms with Crippen LogP contribution in [-0.4, -0.2) is 12.5 Å². The lowest BCUT2D eigenvalue weighted by atomic mass is 10.2. The van der Waals surface area contributed by atoms with Gasteiger partial charge in [-0.15, -0.1) is 0 Å². The number of aromatic amines is 1. The van der Waals surface area contributed by atoms with Crippen molar-refractivity contribution in [2.45, 2.75) is 13.8 Å². The van der Waals surface area contributed by atoms with Gasteiger partial charge in [-0.2, -0.15) is 0 Å². The first-order valence-corrected chi connectivity index (χ1v) is 6.22. The van der Waals surface area contributed by atoms with Gasteiger partial charge in [0.15, 0.2) is 0 Å². The van der Waals surface area contributed by atoms with Gasteiger partial charge in [0, 0.05) is 6.07 Å². The molecule has 0 fully saturated rings. The average Bonchev–Trinajstić information content (AvgIpc) is 2.42. The zero-order valence-corrected chi connectivity index (χ0v) is 11.1. The van der Waals surface area contributed by atoms with Crippen LogP contribution < -0.4 is 15.0 Å². The summed E-state index contributed by atoms with van der Waals surface area (Å²) in [5, 5.41) is 2.81. The Kier molecular flexibility index (Phi) is 4.13. The molecule has 98 valence electrons. The van der Waals surface area contributed by atoms with Gasteiger partial charge in [-0.05, 0) is 37.6 Å². The lowest BCUT2D eigenvalue weighted by Gasteiger charge is -2.06. The Morgan fingerprint density at radius 1 is 1.26 bits per heavy atom. The Morgan fingerprint density at radius 3 is 2.74 bits per heavy atom. The molecule has 2 rings (SSSR count). The van der Waals surface area contributed by atoms with Crippen LogP contribution in [0.5, 0.6) is 5.75 Å². The minimum absolute atomic E-state index is 0.191. The first-order chi connectivity index (χ1) is 9.20. The molecule has 1 heterocycles. The molecule has 19 heavy (non-hydrogen) atoms. The van der Waals surface area contributed by atoms with E-state index >= 15 is 0 Å². The standard InChI is InChI=1S/C15H16N2O2/c1-3-19-13-7-5-4-6-12(13)15(18)17-14-9-8-11(2)10-16-14/h4-10H,3H2,1-2H3,(H,16,17,18)/p+1. The van der Waals surface area contributed by atoms with E-state index in [4.69, 9.17) is 4.74 Å². The molecule has 4 heteroatoms. The molecule has 0 unspecified atom stereocenters. The number of benzene rings is 1. The Labute approximate surface area is 112 Å². The van der Waals surface area contributed by atoms with Crippen LogP contribution in [0.4, 0.5) is 5.82 Å². The zero-order valence-electron chi connectivity index (χ0n) is 11.1. The highest BCUT2D eigenvalue weighted by molar-refractivity contribution is 6.05. The van der Waals surface area contributed by atoms with Crippen molar-refractivity contribution in [3.05, 3.63) is 53.7 Å². The van der Waals surface area contributed by atoms with Gasteiger partial charge in [-0.25, -0.2) is 15.1 Å². The number of hydrogen-bond acceptors (Lipinski definition) is 2. The molecule has 0 atom stereocenters. The fourth-order valence-corrected chi connectivity index (χ4v) is 1.71. The second kappa shape index (κ2) is 6.00. The van der Waals surface area contributed by atoms with Crippen LogP contribution in [0, 0.1) is 6.92 Å². The molecule has 2 N–H and O–H groups in total. The molecule has 0 bridgehead atoms. The number of rotatable bonds is 4. The smallest absolute Gasteiger partial charge is 0.342 e. The number of anilines is 1. The Balaban J connectivity index is 2.18. The fraction of sp³-hybridized carbons (Fsp3) is 0.200. The number of aromatic nitrogens is 1. The predicted octanol–water partition coefficient (Wildman–Crippen LogP) is 2.46. The summed E-state index contributed by atoms with van der Waals surface area (Å²) in [6, 6.07) is 11.0. The topological polar surface area (TPSA) is 52.5 Å². The summed E-state index contributed by atoms with van der Waals surface area (Å²) in [7, 11) is 0. The predicted molar refractivity (Wildman–Crippen MR) is 73.3 cm³/mol. The van der Waals surface area contributed by atoms with Crippen molar-refractivity contribution in [3.63, 3.8) is 0 Å². The number of carbonyl (C=O) groups is 1. The number of para-hydroxylation sites is 1. The van der Waals surface area contributed by atoms with E-state index in [9.17, 15) is 4.79 Å². The second-order valence-electron chi connectivity index (χ2n) is 4.16. The van der Waals surface area contributed by atoms with Crippen molar-refractivity contribution >= 4 is 11.7 Å². The van der Waals surface area contributed by atoms with Crippen molar-refractivity contribution in [1.29, 1.82) is 0 Å².